The van der Waals surface area contributed by atoms with Gasteiger partial charge in [-0.3, -0.25) is 0 Å². The number of thioether (sulfide) groups is 1. The van der Waals surface area contributed by atoms with Crippen molar-refractivity contribution < 1.29 is 0 Å². The molecule has 0 atom stereocenters. The van der Waals surface area contributed by atoms with Crippen LogP contribution in [0.5, 0.6) is 0 Å². The number of nitrogens with zero attached hydrogens (tertiary/aromatic N) is 2. The average molecular weight is 192 g/mol. The molecule has 0 spiro atoms. The summed E-state index contributed by atoms with van der Waals surface area (Å²) in [5.74, 6) is 0. The lowest BCUT2D eigenvalue weighted by Crippen LogP contribution is -2.07. The Morgan fingerprint density at radius 3 is 2.69 bits per heavy atom. The van der Waals surface area contributed by atoms with Crippen LogP contribution >= 0.6 is 11.8 Å². The highest BCUT2D eigenvalue weighted by atomic mass is 32.2. The van der Waals surface area contributed by atoms with Gasteiger partial charge in [-0.1, -0.05) is 20.8 Å². The summed E-state index contributed by atoms with van der Waals surface area (Å²) in [6.07, 6.45) is 1.67. The fraction of sp³-hybridized carbons (Fsp3) is 0.400. The number of hydrogen-bond donors (Lipinski definition) is 0. The fourth-order valence-corrected chi connectivity index (χ4v) is 1.78. The summed E-state index contributed by atoms with van der Waals surface area (Å²) in [5, 5.41) is 9.58. The van der Waals surface area contributed by atoms with E-state index in [1.54, 1.807) is 24.0 Å². The van der Waals surface area contributed by atoms with Crippen molar-refractivity contribution in [2.45, 2.75) is 30.5 Å². The fourth-order valence-electron chi connectivity index (χ4n) is 0.849. The van der Waals surface area contributed by atoms with Crippen LogP contribution in [-0.4, -0.2) is 9.73 Å². The number of rotatable bonds is 1. The molecule has 1 aromatic rings. The minimum absolute atomic E-state index is 0.140. The number of nitriles is 1. The zero-order valence-corrected chi connectivity index (χ0v) is 8.85. The molecule has 2 nitrogen and oxygen atoms in total. The molecule has 1 aromatic heterocycles. The maximum Gasteiger partial charge on any atom is 0.0993 e. The standard InChI is InChI=1S/C10H12N2S/c1-10(2,3)13-9-6-8(7-11)4-5-12-9/h4-6H,1-3H3. The van der Waals surface area contributed by atoms with E-state index < -0.39 is 0 Å². The summed E-state index contributed by atoms with van der Waals surface area (Å²) in [6, 6.07) is 5.63. The van der Waals surface area contributed by atoms with Crippen LogP contribution in [0.3, 0.4) is 0 Å². The van der Waals surface area contributed by atoms with Gasteiger partial charge in [0.2, 0.25) is 0 Å². The summed E-state index contributed by atoms with van der Waals surface area (Å²) in [5.41, 5.74) is 0.668. The molecule has 0 aliphatic rings. The molecule has 0 unspecified atom stereocenters. The summed E-state index contributed by atoms with van der Waals surface area (Å²) in [4.78, 5) is 4.18. The zero-order valence-electron chi connectivity index (χ0n) is 8.03. The molecular formula is C10H12N2S. The van der Waals surface area contributed by atoms with Crippen molar-refractivity contribution in [3.05, 3.63) is 23.9 Å². The molecule has 13 heavy (non-hydrogen) atoms. The van der Waals surface area contributed by atoms with E-state index in [1.165, 1.54) is 0 Å². The lowest BCUT2D eigenvalue weighted by atomic mass is 10.3. The Kier molecular flexibility index (Phi) is 2.94. The highest BCUT2D eigenvalue weighted by molar-refractivity contribution is 8.00. The molecule has 0 aliphatic carbocycles. The Morgan fingerprint density at radius 2 is 2.15 bits per heavy atom. The SMILES string of the molecule is CC(C)(C)Sc1cc(C#N)ccn1. The molecule has 0 amide bonds. The predicted octanol–water partition coefficient (Wildman–Crippen LogP) is 2.84. The quantitative estimate of drug-likeness (QED) is 0.642. The molecule has 0 radical (unpaired) electrons. The monoisotopic (exact) mass is 192 g/mol. The van der Waals surface area contributed by atoms with E-state index in [9.17, 15) is 0 Å². The van der Waals surface area contributed by atoms with Crippen molar-refractivity contribution in [1.29, 1.82) is 5.26 Å². The molecular weight excluding hydrogens is 180 g/mol. The Morgan fingerprint density at radius 1 is 1.46 bits per heavy atom. The Bertz CT molecular complexity index is 334. The number of pyridine rings is 1. The molecule has 1 rings (SSSR count). The van der Waals surface area contributed by atoms with Gasteiger partial charge in [-0.25, -0.2) is 4.98 Å². The van der Waals surface area contributed by atoms with Crippen LogP contribution in [-0.2, 0) is 0 Å². The molecule has 1 heterocycles. The Hall–Kier alpha value is -1.01. The largest absolute Gasteiger partial charge is 0.250 e. The van der Waals surface area contributed by atoms with Crippen LogP contribution in [0, 0.1) is 11.3 Å². The van der Waals surface area contributed by atoms with Gasteiger partial charge >= 0.3 is 0 Å². The molecule has 0 aliphatic heterocycles. The smallest absolute Gasteiger partial charge is 0.0993 e. The van der Waals surface area contributed by atoms with E-state index in [0.717, 1.165) is 5.03 Å². The summed E-state index contributed by atoms with van der Waals surface area (Å²) >= 11 is 1.67. The van der Waals surface area contributed by atoms with Crippen molar-refractivity contribution in [1.82, 2.24) is 4.98 Å². The minimum Gasteiger partial charge on any atom is -0.250 e. The third kappa shape index (κ3) is 3.47. The van der Waals surface area contributed by atoms with E-state index >= 15 is 0 Å². The summed E-state index contributed by atoms with van der Waals surface area (Å²) in [6.45, 7) is 6.37. The first-order valence-electron chi connectivity index (χ1n) is 4.06. The first kappa shape index (κ1) is 10.1. The normalized spacial score (nSPS) is 10.9. The van der Waals surface area contributed by atoms with Crippen molar-refractivity contribution >= 4 is 11.8 Å². The number of aromatic nitrogens is 1. The minimum atomic E-state index is 0.140. The van der Waals surface area contributed by atoms with Crippen LogP contribution in [0.4, 0.5) is 0 Å². The van der Waals surface area contributed by atoms with E-state index in [2.05, 4.69) is 31.8 Å². The van der Waals surface area contributed by atoms with Gasteiger partial charge < -0.3 is 0 Å². The van der Waals surface area contributed by atoms with Gasteiger partial charge in [-0.15, -0.1) is 11.8 Å². The third-order valence-electron chi connectivity index (χ3n) is 1.27. The predicted molar refractivity (Wildman–Crippen MR) is 54.6 cm³/mol. The summed E-state index contributed by atoms with van der Waals surface area (Å²) < 4.78 is 0.140. The third-order valence-corrected chi connectivity index (χ3v) is 2.32. The van der Waals surface area contributed by atoms with Crippen molar-refractivity contribution in [2.75, 3.05) is 0 Å². The van der Waals surface area contributed by atoms with Crippen LogP contribution in [0.2, 0.25) is 0 Å². The molecule has 3 heteroatoms. The van der Waals surface area contributed by atoms with Crippen LogP contribution < -0.4 is 0 Å². The Labute approximate surface area is 83.0 Å². The van der Waals surface area contributed by atoms with E-state index in [1.807, 2.05) is 6.07 Å². The van der Waals surface area contributed by atoms with Gasteiger partial charge in [0.25, 0.3) is 0 Å². The van der Waals surface area contributed by atoms with E-state index in [-0.39, 0.29) is 4.75 Å². The van der Waals surface area contributed by atoms with Gasteiger partial charge in [0.1, 0.15) is 0 Å². The van der Waals surface area contributed by atoms with Gasteiger partial charge in [0.15, 0.2) is 0 Å². The molecule has 0 bridgehead atoms. The maximum atomic E-state index is 8.67. The lowest BCUT2D eigenvalue weighted by molar-refractivity contribution is 0.799. The van der Waals surface area contributed by atoms with Crippen molar-refractivity contribution in [3.8, 4) is 6.07 Å². The van der Waals surface area contributed by atoms with Crippen molar-refractivity contribution in [3.63, 3.8) is 0 Å². The highest BCUT2D eigenvalue weighted by Gasteiger charge is 2.12. The van der Waals surface area contributed by atoms with Gasteiger partial charge in [-0.05, 0) is 12.1 Å². The van der Waals surface area contributed by atoms with Gasteiger partial charge in [0, 0.05) is 10.9 Å². The Balaban J connectivity index is 2.86. The van der Waals surface area contributed by atoms with E-state index in [0.29, 0.717) is 5.56 Å². The van der Waals surface area contributed by atoms with Gasteiger partial charge in [0.05, 0.1) is 16.7 Å². The first-order chi connectivity index (χ1) is 6.01. The van der Waals surface area contributed by atoms with Crippen LogP contribution in [0.15, 0.2) is 23.4 Å². The lowest BCUT2D eigenvalue weighted by Gasteiger charge is -2.16. The molecule has 0 saturated carbocycles. The van der Waals surface area contributed by atoms with Gasteiger partial charge in [-0.2, -0.15) is 5.26 Å². The topological polar surface area (TPSA) is 36.7 Å². The summed E-state index contributed by atoms with van der Waals surface area (Å²) in [7, 11) is 0. The second-order valence-corrected chi connectivity index (χ2v) is 5.56. The average Bonchev–Trinajstić information content (AvgIpc) is 2.01. The zero-order chi connectivity index (χ0) is 9.90. The second-order valence-electron chi connectivity index (χ2n) is 3.71. The molecule has 68 valence electrons. The highest BCUT2D eigenvalue weighted by Crippen LogP contribution is 2.30. The van der Waals surface area contributed by atoms with E-state index in [4.69, 9.17) is 5.26 Å². The van der Waals surface area contributed by atoms with Crippen molar-refractivity contribution in [2.24, 2.45) is 0 Å². The molecule has 0 N–H and O–H groups in total. The molecule has 0 aromatic carbocycles. The molecule has 0 saturated heterocycles. The second kappa shape index (κ2) is 3.80. The van der Waals surface area contributed by atoms with Crippen LogP contribution in [0.1, 0.15) is 26.3 Å². The van der Waals surface area contributed by atoms with Crippen LogP contribution in [0.25, 0.3) is 0 Å². The first-order valence-corrected chi connectivity index (χ1v) is 4.88. The number of hydrogen-bond acceptors (Lipinski definition) is 3. The maximum absolute atomic E-state index is 8.67. The molecule has 0 fully saturated rings.